The molecule has 0 radical (unpaired) electrons. The Morgan fingerprint density at radius 2 is 1.85 bits per heavy atom. The van der Waals surface area contributed by atoms with Gasteiger partial charge in [-0.25, -0.2) is 4.79 Å². The highest BCUT2D eigenvalue weighted by Crippen LogP contribution is 2.14. The van der Waals surface area contributed by atoms with Crippen LogP contribution in [-0.2, 0) is 19.1 Å². The molecule has 0 saturated heterocycles. The monoisotopic (exact) mass is 279 g/mol. The van der Waals surface area contributed by atoms with Crippen LogP contribution in [0.4, 0.5) is 0 Å². The van der Waals surface area contributed by atoms with Gasteiger partial charge in [0.05, 0.1) is 19.6 Å². The predicted octanol–water partition coefficient (Wildman–Crippen LogP) is 1.69. The van der Waals surface area contributed by atoms with Gasteiger partial charge in [-0.15, -0.1) is 0 Å². The fourth-order valence-electron chi connectivity index (χ4n) is 1.76. The molecule has 5 nitrogen and oxygen atoms in total. The average Bonchev–Trinajstić information content (AvgIpc) is 2.48. The third-order valence-corrected chi connectivity index (χ3v) is 2.89. The summed E-state index contributed by atoms with van der Waals surface area (Å²) in [6, 6.07) is 8.66. The molecule has 0 aliphatic carbocycles. The maximum Gasteiger partial charge on any atom is 0.327 e. The molecule has 1 rings (SSSR count). The van der Waals surface area contributed by atoms with Crippen molar-refractivity contribution in [2.75, 3.05) is 20.3 Å². The van der Waals surface area contributed by atoms with Crippen LogP contribution in [0.5, 0.6) is 0 Å². The van der Waals surface area contributed by atoms with Gasteiger partial charge < -0.3 is 9.47 Å². The van der Waals surface area contributed by atoms with Gasteiger partial charge >= 0.3 is 11.9 Å². The Hall–Kier alpha value is -1.88. The van der Waals surface area contributed by atoms with Crippen LogP contribution < -0.4 is 5.32 Å². The molecule has 0 aromatic heterocycles. The Bertz CT molecular complexity index is 433. The normalized spacial score (nSPS) is 13.3. The molecule has 2 atom stereocenters. The second-order valence-electron chi connectivity index (χ2n) is 4.43. The number of rotatable bonds is 7. The van der Waals surface area contributed by atoms with Crippen molar-refractivity contribution in [2.24, 2.45) is 5.92 Å². The minimum absolute atomic E-state index is 0.281. The molecule has 1 N–H and O–H groups in total. The number of carbonyl (C=O) groups is 2. The largest absolute Gasteiger partial charge is 0.468 e. The van der Waals surface area contributed by atoms with Gasteiger partial charge in [0.25, 0.3) is 0 Å². The van der Waals surface area contributed by atoms with Gasteiger partial charge in [0, 0.05) is 6.54 Å². The Balaban J connectivity index is 2.68. The van der Waals surface area contributed by atoms with Crippen molar-refractivity contribution in [1.29, 1.82) is 0 Å². The lowest BCUT2D eigenvalue weighted by Gasteiger charge is -2.19. The number of carbonyl (C=O) groups excluding carboxylic acids is 2. The maximum absolute atomic E-state index is 11.8. The number of methoxy groups -OCH3 is 1. The zero-order valence-corrected chi connectivity index (χ0v) is 12.1. The molecule has 0 heterocycles. The van der Waals surface area contributed by atoms with E-state index in [0.717, 1.165) is 5.56 Å². The summed E-state index contributed by atoms with van der Waals surface area (Å²) in [5.74, 6) is -0.991. The summed E-state index contributed by atoms with van der Waals surface area (Å²) in [5, 5.41) is 3.05. The zero-order valence-electron chi connectivity index (χ0n) is 12.1. The van der Waals surface area contributed by atoms with Gasteiger partial charge in [-0.2, -0.15) is 0 Å². The molecule has 110 valence electrons. The predicted molar refractivity (Wildman–Crippen MR) is 75.0 cm³/mol. The van der Waals surface area contributed by atoms with E-state index < -0.39 is 6.04 Å². The SMILES string of the molecule is CCOC(=O)C(C)CNC(C(=O)OC)c1ccccc1. The van der Waals surface area contributed by atoms with E-state index >= 15 is 0 Å². The van der Waals surface area contributed by atoms with Crippen LogP contribution in [0.1, 0.15) is 25.5 Å². The van der Waals surface area contributed by atoms with E-state index in [4.69, 9.17) is 9.47 Å². The minimum atomic E-state index is -0.585. The summed E-state index contributed by atoms with van der Waals surface area (Å²) in [5.41, 5.74) is 0.801. The third kappa shape index (κ3) is 4.66. The number of benzene rings is 1. The molecule has 1 aromatic rings. The van der Waals surface area contributed by atoms with Crippen molar-refractivity contribution in [3.63, 3.8) is 0 Å². The van der Waals surface area contributed by atoms with Crippen molar-refractivity contribution < 1.29 is 19.1 Å². The number of esters is 2. The van der Waals surface area contributed by atoms with Gasteiger partial charge in [0.2, 0.25) is 0 Å². The molecular formula is C15H21NO4. The van der Waals surface area contributed by atoms with Gasteiger partial charge in [-0.1, -0.05) is 37.3 Å². The van der Waals surface area contributed by atoms with Crippen molar-refractivity contribution in [3.8, 4) is 0 Å². The van der Waals surface area contributed by atoms with E-state index in [1.54, 1.807) is 13.8 Å². The van der Waals surface area contributed by atoms with E-state index in [9.17, 15) is 9.59 Å². The fourth-order valence-corrected chi connectivity index (χ4v) is 1.76. The van der Waals surface area contributed by atoms with Gasteiger partial charge in [-0.3, -0.25) is 10.1 Å². The first-order chi connectivity index (χ1) is 9.60. The summed E-state index contributed by atoms with van der Waals surface area (Å²) in [4.78, 5) is 23.4. The van der Waals surface area contributed by atoms with Crippen molar-refractivity contribution in [3.05, 3.63) is 35.9 Å². The van der Waals surface area contributed by atoms with Crippen molar-refractivity contribution >= 4 is 11.9 Å². The number of hydrogen-bond acceptors (Lipinski definition) is 5. The Morgan fingerprint density at radius 1 is 1.20 bits per heavy atom. The molecule has 1 aromatic carbocycles. The summed E-state index contributed by atoms with van der Waals surface area (Å²) in [7, 11) is 1.34. The lowest BCUT2D eigenvalue weighted by atomic mass is 10.1. The van der Waals surface area contributed by atoms with E-state index in [2.05, 4.69) is 5.32 Å². The highest BCUT2D eigenvalue weighted by Gasteiger charge is 2.23. The van der Waals surface area contributed by atoms with Crippen LogP contribution in [-0.4, -0.2) is 32.2 Å². The van der Waals surface area contributed by atoms with E-state index in [1.807, 2.05) is 30.3 Å². The van der Waals surface area contributed by atoms with E-state index in [0.29, 0.717) is 13.2 Å². The number of nitrogens with one attached hydrogen (secondary N) is 1. The second kappa shape index (κ2) is 8.32. The van der Waals surface area contributed by atoms with Crippen LogP contribution in [0.3, 0.4) is 0 Å². The van der Waals surface area contributed by atoms with Crippen LogP contribution >= 0.6 is 0 Å². The second-order valence-corrected chi connectivity index (χ2v) is 4.43. The quantitative estimate of drug-likeness (QED) is 0.769. The van der Waals surface area contributed by atoms with Crippen LogP contribution in [0.25, 0.3) is 0 Å². The molecule has 0 saturated carbocycles. The zero-order chi connectivity index (χ0) is 15.0. The smallest absolute Gasteiger partial charge is 0.327 e. The highest BCUT2D eigenvalue weighted by atomic mass is 16.5. The van der Waals surface area contributed by atoms with Crippen LogP contribution in [0.15, 0.2) is 30.3 Å². The number of ether oxygens (including phenoxy) is 2. The lowest BCUT2D eigenvalue weighted by Crippen LogP contribution is -2.35. The molecule has 0 amide bonds. The molecule has 2 unspecified atom stereocenters. The Kier molecular flexibility index (Phi) is 6.73. The molecule has 5 heteroatoms. The van der Waals surface area contributed by atoms with Gasteiger partial charge in [0.1, 0.15) is 6.04 Å². The standard InChI is InChI=1S/C15H21NO4/c1-4-20-14(17)11(2)10-16-13(15(18)19-3)12-8-6-5-7-9-12/h5-9,11,13,16H,4,10H2,1-3H3. The van der Waals surface area contributed by atoms with Gasteiger partial charge in [0.15, 0.2) is 0 Å². The fraction of sp³-hybridized carbons (Fsp3) is 0.467. The van der Waals surface area contributed by atoms with Crippen LogP contribution in [0, 0.1) is 5.92 Å². The molecule has 0 fully saturated rings. The summed E-state index contributed by atoms with van der Waals surface area (Å²) in [6.45, 7) is 4.21. The molecule has 0 bridgehead atoms. The van der Waals surface area contributed by atoms with Gasteiger partial charge in [-0.05, 0) is 12.5 Å². The maximum atomic E-state index is 11.8. The Morgan fingerprint density at radius 3 is 2.40 bits per heavy atom. The lowest BCUT2D eigenvalue weighted by molar-refractivity contribution is -0.148. The first-order valence-electron chi connectivity index (χ1n) is 6.63. The highest BCUT2D eigenvalue weighted by molar-refractivity contribution is 5.77. The Labute approximate surface area is 119 Å². The minimum Gasteiger partial charge on any atom is -0.468 e. The van der Waals surface area contributed by atoms with Crippen molar-refractivity contribution in [1.82, 2.24) is 5.32 Å². The van der Waals surface area contributed by atoms with E-state index in [1.165, 1.54) is 7.11 Å². The van der Waals surface area contributed by atoms with Crippen molar-refractivity contribution in [2.45, 2.75) is 19.9 Å². The topological polar surface area (TPSA) is 64.6 Å². The number of hydrogen-bond donors (Lipinski definition) is 1. The summed E-state index contributed by atoms with van der Waals surface area (Å²) < 4.78 is 9.72. The molecule has 20 heavy (non-hydrogen) atoms. The summed E-state index contributed by atoms with van der Waals surface area (Å²) >= 11 is 0. The molecule has 0 aliphatic rings. The average molecular weight is 279 g/mol. The van der Waals surface area contributed by atoms with E-state index in [-0.39, 0.29) is 17.9 Å². The molecule has 0 spiro atoms. The first-order valence-corrected chi connectivity index (χ1v) is 6.63. The summed E-state index contributed by atoms with van der Waals surface area (Å²) in [6.07, 6.45) is 0. The molecular weight excluding hydrogens is 258 g/mol. The molecule has 0 aliphatic heterocycles. The first kappa shape index (κ1) is 16.2. The third-order valence-electron chi connectivity index (χ3n) is 2.89. The van der Waals surface area contributed by atoms with Crippen LogP contribution in [0.2, 0.25) is 0 Å².